The molecular formula is C18H22F3N5O3+2. The number of imide groups is 1. The van der Waals surface area contributed by atoms with Crippen LogP contribution in [0, 0.1) is 0 Å². The molecule has 1 saturated heterocycles. The Balaban J connectivity index is 1.40. The molecule has 3 heterocycles. The maximum atomic E-state index is 12.6. The van der Waals surface area contributed by atoms with E-state index < -0.39 is 23.7 Å². The number of nitrogens with one attached hydrogen (secondary N) is 4. The summed E-state index contributed by atoms with van der Waals surface area (Å²) in [6, 6.07) is 5.26. The monoisotopic (exact) mass is 413 g/mol. The number of aromatic nitrogens is 1. The second-order valence-electron chi connectivity index (χ2n) is 6.68. The maximum Gasteiger partial charge on any atom is 0.419 e. The molecule has 156 valence electrons. The maximum absolute atomic E-state index is 12.6. The van der Waals surface area contributed by atoms with Crippen LogP contribution in [0.25, 0.3) is 0 Å². The number of hydrogen-bond acceptors (Lipinski definition) is 4. The number of pyridine rings is 1. The molecule has 0 saturated carbocycles. The lowest BCUT2D eigenvalue weighted by Gasteiger charge is -2.27. The number of quaternary nitrogens is 1. The lowest BCUT2D eigenvalue weighted by molar-refractivity contribution is -0.892. The lowest BCUT2D eigenvalue weighted by Crippen LogP contribution is -3.16. The van der Waals surface area contributed by atoms with Gasteiger partial charge in [-0.3, -0.25) is 15.0 Å². The van der Waals surface area contributed by atoms with Gasteiger partial charge in [-0.25, -0.2) is 9.78 Å². The van der Waals surface area contributed by atoms with Crippen LogP contribution < -0.4 is 25.4 Å². The number of amides is 3. The Morgan fingerprint density at radius 1 is 1.21 bits per heavy atom. The van der Waals surface area contributed by atoms with Gasteiger partial charge in [-0.2, -0.15) is 13.2 Å². The molecular weight excluding hydrogens is 391 g/mol. The number of anilines is 1. The van der Waals surface area contributed by atoms with Gasteiger partial charge in [0.2, 0.25) is 0 Å². The molecule has 0 aromatic carbocycles. The van der Waals surface area contributed by atoms with Crippen molar-refractivity contribution in [2.75, 3.05) is 37.6 Å². The van der Waals surface area contributed by atoms with Crippen LogP contribution >= 0.6 is 0 Å². The van der Waals surface area contributed by atoms with Crippen molar-refractivity contribution in [3.8, 4) is 0 Å². The molecule has 29 heavy (non-hydrogen) atoms. The first-order chi connectivity index (χ1) is 13.8. The number of halogens is 3. The molecule has 8 nitrogen and oxygen atoms in total. The summed E-state index contributed by atoms with van der Waals surface area (Å²) in [6.45, 7) is 2.72. The SMILES string of the molecule is O=C(C[NH+]1CCN(c2ccc(C(F)(F)F)c[nH+]2)CC1)NC(=O)NCc1ccco1. The van der Waals surface area contributed by atoms with Crippen molar-refractivity contribution in [3.63, 3.8) is 0 Å². The van der Waals surface area contributed by atoms with E-state index >= 15 is 0 Å². The average Bonchev–Trinajstić information content (AvgIpc) is 3.20. The molecule has 2 aromatic rings. The minimum absolute atomic E-state index is 0.138. The van der Waals surface area contributed by atoms with Crippen LogP contribution in [-0.4, -0.2) is 44.7 Å². The number of carbonyl (C=O) groups excluding carboxylic acids is 2. The fourth-order valence-electron chi connectivity index (χ4n) is 3.05. The van der Waals surface area contributed by atoms with Gasteiger partial charge in [0.25, 0.3) is 11.7 Å². The van der Waals surface area contributed by atoms with Crippen molar-refractivity contribution in [1.29, 1.82) is 0 Å². The zero-order chi connectivity index (χ0) is 20.9. The third-order valence-corrected chi connectivity index (χ3v) is 4.60. The molecule has 0 unspecified atom stereocenters. The second kappa shape index (κ2) is 8.95. The minimum Gasteiger partial charge on any atom is -0.467 e. The highest BCUT2D eigenvalue weighted by molar-refractivity contribution is 5.94. The number of aromatic amines is 1. The van der Waals surface area contributed by atoms with Crippen LogP contribution in [0.4, 0.5) is 23.8 Å². The van der Waals surface area contributed by atoms with E-state index in [9.17, 15) is 22.8 Å². The molecule has 0 spiro atoms. The number of alkyl halides is 3. The molecule has 11 heteroatoms. The number of carbonyl (C=O) groups is 2. The average molecular weight is 413 g/mol. The smallest absolute Gasteiger partial charge is 0.419 e. The number of urea groups is 1. The quantitative estimate of drug-likeness (QED) is 0.635. The number of rotatable bonds is 5. The first-order valence-electron chi connectivity index (χ1n) is 9.09. The zero-order valence-corrected chi connectivity index (χ0v) is 15.5. The molecule has 1 aliphatic heterocycles. The highest BCUT2D eigenvalue weighted by atomic mass is 19.4. The summed E-state index contributed by atoms with van der Waals surface area (Å²) in [7, 11) is 0. The predicted molar refractivity (Wildman–Crippen MR) is 94.9 cm³/mol. The van der Waals surface area contributed by atoms with Crippen LogP contribution in [0.5, 0.6) is 0 Å². The normalized spacial score (nSPS) is 15.2. The fraction of sp³-hybridized carbons (Fsp3) is 0.389. The number of nitrogens with zero attached hydrogens (tertiary/aromatic N) is 1. The molecule has 1 aliphatic rings. The Morgan fingerprint density at radius 3 is 2.55 bits per heavy atom. The van der Waals surface area contributed by atoms with E-state index in [4.69, 9.17) is 4.42 Å². The van der Waals surface area contributed by atoms with Gasteiger partial charge in [0.05, 0.1) is 18.4 Å². The van der Waals surface area contributed by atoms with Crippen molar-refractivity contribution in [3.05, 3.63) is 48.0 Å². The van der Waals surface area contributed by atoms with Crippen LogP contribution in [-0.2, 0) is 17.5 Å². The molecule has 4 N–H and O–H groups in total. The van der Waals surface area contributed by atoms with E-state index in [2.05, 4.69) is 15.6 Å². The zero-order valence-electron chi connectivity index (χ0n) is 15.5. The van der Waals surface area contributed by atoms with E-state index in [1.165, 1.54) is 12.3 Å². The highest BCUT2D eigenvalue weighted by Gasteiger charge is 2.33. The Kier molecular flexibility index (Phi) is 6.37. The first-order valence-corrected chi connectivity index (χ1v) is 9.09. The van der Waals surface area contributed by atoms with E-state index in [-0.39, 0.29) is 13.1 Å². The molecule has 0 atom stereocenters. The Hall–Kier alpha value is -3.08. The summed E-state index contributed by atoms with van der Waals surface area (Å²) < 4.78 is 43.0. The standard InChI is InChI=1S/C18H20F3N5O3/c19-18(20,21)13-3-4-15(22-10-13)26-7-5-25(6-8-26)12-16(27)24-17(28)23-11-14-2-1-9-29-14/h1-4,9-10H,5-8,11-12H2,(H2,23,24,27,28)/p+2. The Labute approximate surface area is 164 Å². The number of H-pyrrole nitrogens is 1. The van der Waals surface area contributed by atoms with Gasteiger partial charge < -0.3 is 14.6 Å². The van der Waals surface area contributed by atoms with Crippen molar-refractivity contribution >= 4 is 17.8 Å². The van der Waals surface area contributed by atoms with Crippen molar-refractivity contribution < 1.29 is 37.1 Å². The van der Waals surface area contributed by atoms with Crippen molar-refractivity contribution in [2.24, 2.45) is 0 Å². The van der Waals surface area contributed by atoms with Crippen LogP contribution in [0.2, 0.25) is 0 Å². The molecule has 3 rings (SSSR count). The van der Waals surface area contributed by atoms with Gasteiger partial charge in [-0.15, -0.1) is 0 Å². The first kappa shape index (κ1) is 20.6. The summed E-state index contributed by atoms with van der Waals surface area (Å²) in [5.41, 5.74) is -0.729. The Bertz CT molecular complexity index is 816. The second-order valence-corrected chi connectivity index (χ2v) is 6.68. The third-order valence-electron chi connectivity index (χ3n) is 4.60. The molecule has 1 fully saturated rings. The van der Waals surface area contributed by atoms with Crippen molar-refractivity contribution in [1.82, 2.24) is 10.6 Å². The number of piperazine rings is 1. The van der Waals surface area contributed by atoms with E-state index in [1.54, 1.807) is 12.1 Å². The minimum atomic E-state index is -4.38. The van der Waals surface area contributed by atoms with E-state index in [1.807, 2.05) is 4.90 Å². The molecule has 0 radical (unpaired) electrons. The van der Waals surface area contributed by atoms with Crippen LogP contribution in [0.15, 0.2) is 41.1 Å². The van der Waals surface area contributed by atoms with E-state index in [0.717, 1.165) is 17.2 Å². The molecule has 0 aliphatic carbocycles. The summed E-state index contributed by atoms with van der Waals surface area (Å²) in [4.78, 5) is 29.4. The Morgan fingerprint density at radius 2 is 1.97 bits per heavy atom. The third kappa shape index (κ3) is 5.95. The van der Waals surface area contributed by atoms with Crippen molar-refractivity contribution in [2.45, 2.75) is 12.7 Å². The molecule has 3 amide bonds. The summed E-state index contributed by atoms with van der Waals surface area (Å²) >= 11 is 0. The number of hydrogen-bond donors (Lipinski definition) is 3. The van der Waals surface area contributed by atoms with Gasteiger partial charge in [-0.05, 0) is 18.2 Å². The summed E-state index contributed by atoms with van der Waals surface area (Å²) in [5.74, 6) is 0.778. The molecule has 2 aromatic heterocycles. The predicted octanol–water partition coefficient (Wildman–Crippen LogP) is -0.157. The summed E-state index contributed by atoms with van der Waals surface area (Å²) in [6.07, 6.45) is -1.94. The fourth-order valence-corrected chi connectivity index (χ4v) is 3.05. The topological polar surface area (TPSA) is 93.2 Å². The van der Waals surface area contributed by atoms with E-state index in [0.29, 0.717) is 37.8 Å². The van der Waals surface area contributed by atoms with Crippen LogP contribution in [0.1, 0.15) is 11.3 Å². The largest absolute Gasteiger partial charge is 0.467 e. The van der Waals surface area contributed by atoms with Crippen LogP contribution in [0.3, 0.4) is 0 Å². The summed E-state index contributed by atoms with van der Waals surface area (Å²) in [5, 5.41) is 4.81. The van der Waals surface area contributed by atoms with Gasteiger partial charge in [0.1, 0.15) is 38.1 Å². The van der Waals surface area contributed by atoms with Gasteiger partial charge >= 0.3 is 12.2 Å². The van der Waals surface area contributed by atoms with Gasteiger partial charge in [0, 0.05) is 6.07 Å². The number of furan rings is 1. The highest BCUT2D eigenvalue weighted by Crippen LogP contribution is 2.28. The van der Waals surface area contributed by atoms with Gasteiger partial charge in [-0.1, -0.05) is 0 Å². The molecule has 0 bridgehead atoms. The lowest BCUT2D eigenvalue weighted by atomic mass is 10.2. The van der Waals surface area contributed by atoms with Gasteiger partial charge in [0.15, 0.2) is 6.54 Å².